The highest BCUT2D eigenvalue weighted by molar-refractivity contribution is 5.86. The van der Waals surface area contributed by atoms with E-state index in [-0.39, 0.29) is 30.2 Å². The zero-order valence-corrected chi connectivity index (χ0v) is 18.1. The highest BCUT2D eigenvalue weighted by Gasteiger charge is 2.48. The van der Waals surface area contributed by atoms with E-state index in [0.29, 0.717) is 12.5 Å². The van der Waals surface area contributed by atoms with Crippen LogP contribution in [0.3, 0.4) is 0 Å². The van der Waals surface area contributed by atoms with Crippen LogP contribution in [0.4, 0.5) is 0 Å². The molecule has 3 fully saturated rings. The maximum absolute atomic E-state index is 13.1. The fourth-order valence-electron chi connectivity index (χ4n) is 4.95. The Morgan fingerprint density at radius 3 is 2.32 bits per heavy atom. The quantitative estimate of drug-likeness (QED) is 0.771. The van der Waals surface area contributed by atoms with Crippen LogP contribution in [0, 0.1) is 5.41 Å². The Kier molecular flexibility index (Phi) is 8.17. The van der Waals surface area contributed by atoms with Crippen LogP contribution in [-0.2, 0) is 11.3 Å². The molecule has 3 aliphatic rings. The number of β-amino-alcohol motifs (C(OH)–C–C–N with tert-alkyl or cyclic N) is 1. The minimum Gasteiger partial charge on any atom is -0.387 e. The first-order valence-electron chi connectivity index (χ1n) is 10.1. The van der Waals surface area contributed by atoms with E-state index in [2.05, 4.69) is 22.3 Å². The summed E-state index contributed by atoms with van der Waals surface area (Å²) in [5.74, 6) is 0.346. The summed E-state index contributed by atoms with van der Waals surface area (Å²) in [4.78, 5) is 17.5. The fraction of sp³-hybridized carbons (Fsp3) is 0.667. The number of carbonyl (C=O) groups excluding carboxylic acids is 1. The average molecular weight is 430 g/mol. The number of aliphatic hydroxyl groups is 1. The Morgan fingerprint density at radius 1 is 1.00 bits per heavy atom. The standard InChI is InChI=1S/C21H31N3O2.2ClH/c25-19-20(10-14-24(19)15-18-5-2-1-3-6-18)8-12-23(13-9-20)17-21(26)7-4-11-22-16-21;;/h1-3,5-6,22,26H,4,7-17H2;2*1H. The first-order valence-corrected chi connectivity index (χ1v) is 10.1. The SMILES string of the molecule is Cl.Cl.O=C1N(Cc2ccccc2)CCC12CCN(CC1(O)CCCNC1)CC2. The molecule has 5 nitrogen and oxygen atoms in total. The lowest BCUT2D eigenvalue weighted by atomic mass is 9.76. The van der Waals surface area contributed by atoms with E-state index in [0.717, 1.165) is 71.4 Å². The molecule has 0 saturated carbocycles. The van der Waals surface area contributed by atoms with Gasteiger partial charge in [0.05, 0.1) is 11.0 Å². The van der Waals surface area contributed by atoms with Gasteiger partial charge < -0.3 is 20.2 Å². The second-order valence-electron chi connectivity index (χ2n) is 8.52. The summed E-state index contributed by atoms with van der Waals surface area (Å²) in [5, 5.41) is 14.1. The van der Waals surface area contributed by atoms with Crippen LogP contribution in [-0.4, -0.2) is 65.7 Å². The Bertz CT molecular complexity index is 630. The molecule has 0 radical (unpaired) electrons. The molecular formula is C21H33Cl2N3O2. The molecule has 1 aromatic carbocycles. The van der Waals surface area contributed by atoms with Gasteiger partial charge in [-0.2, -0.15) is 0 Å². The van der Waals surface area contributed by atoms with Crippen LogP contribution in [0.15, 0.2) is 30.3 Å². The predicted molar refractivity (Wildman–Crippen MR) is 116 cm³/mol. The molecule has 1 unspecified atom stereocenters. The van der Waals surface area contributed by atoms with Crippen molar-refractivity contribution in [3.05, 3.63) is 35.9 Å². The summed E-state index contributed by atoms with van der Waals surface area (Å²) >= 11 is 0. The molecule has 1 amide bonds. The first-order chi connectivity index (χ1) is 12.6. The first kappa shape index (κ1) is 23.4. The number of nitrogens with one attached hydrogen (secondary N) is 1. The summed E-state index contributed by atoms with van der Waals surface area (Å²) < 4.78 is 0. The van der Waals surface area contributed by atoms with Gasteiger partial charge in [-0.1, -0.05) is 30.3 Å². The van der Waals surface area contributed by atoms with Crippen LogP contribution in [0.25, 0.3) is 0 Å². The van der Waals surface area contributed by atoms with Crippen LogP contribution in [0.5, 0.6) is 0 Å². The molecule has 1 aromatic rings. The van der Waals surface area contributed by atoms with Crippen molar-refractivity contribution in [1.29, 1.82) is 0 Å². The summed E-state index contributed by atoms with van der Waals surface area (Å²) in [6.07, 6.45) is 4.77. The predicted octanol–water partition coefficient (Wildman–Crippen LogP) is 2.46. The van der Waals surface area contributed by atoms with Gasteiger partial charge in [-0.25, -0.2) is 0 Å². The average Bonchev–Trinajstić information content (AvgIpc) is 2.95. The second-order valence-corrected chi connectivity index (χ2v) is 8.52. The second kappa shape index (κ2) is 9.77. The third kappa shape index (κ3) is 5.00. The minimum absolute atomic E-state index is 0. The summed E-state index contributed by atoms with van der Waals surface area (Å²) in [5.41, 5.74) is 0.461. The van der Waals surface area contributed by atoms with Crippen molar-refractivity contribution in [3.63, 3.8) is 0 Å². The summed E-state index contributed by atoms with van der Waals surface area (Å²) in [6.45, 7) is 5.90. The molecule has 1 spiro atoms. The number of rotatable bonds is 4. The van der Waals surface area contributed by atoms with E-state index in [4.69, 9.17) is 0 Å². The van der Waals surface area contributed by atoms with E-state index in [9.17, 15) is 9.90 Å². The van der Waals surface area contributed by atoms with Crippen molar-refractivity contribution in [3.8, 4) is 0 Å². The van der Waals surface area contributed by atoms with Gasteiger partial charge in [0.25, 0.3) is 0 Å². The normalized spacial score (nSPS) is 27.3. The van der Waals surface area contributed by atoms with Crippen LogP contribution >= 0.6 is 24.8 Å². The van der Waals surface area contributed by atoms with Crippen molar-refractivity contribution in [2.24, 2.45) is 5.41 Å². The molecule has 1 atom stereocenters. The molecule has 2 N–H and O–H groups in total. The lowest BCUT2D eigenvalue weighted by molar-refractivity contribution is -0.139. The van der Waals surface area contributed by atoms with Crippen molar-refractivity contribution >= 4 is 30.7 Å². The number of piperidine rings is 2. The zero-order chi connectivity index (χ0) is 18.0. The highest BCUT2D eigenvalue weighted by atomic mass is 35.5. The molecule has 0 bridgehead atoms. The van der Waals surface area contributed by atoms with E-state index >= 15 is 0 Å². The number of halogens is 2. The maximum atomic E-state index is 13.1. The minimum atomic E-state index is -0.595. The van der Waals surface area contributed by atoms with Gasteiger partial charge in [-0.05, 0) is 57.3 Å². The number of amides is 1. The van der Waals surface area contributed by atoms with E-state index in [1.54, 1.807) is 0 Å². The number of hydrogen-bond donors (Lipinski definition) is 2. The molecule has 4 rings (SSSR count). The number of hydrogen-bond acceptors (Lipinski definition) is 4. The monoisotopic (exact) mass is 429 g/mol. The number of benzene rings is 1. The van der Waals surface area contributed by atoms with E-state index in [1.807, 2.05) is 23.1 Å². The van der Waals surface area contributed by atoms with Crippen molar-refractivity contribution in [2.75, 3.05) is 39.3 Å². The Balaban J connectivity index is 0.00000140. The topological polar surface area (TPSA) is 55.8 Å². The van der Waals surface area contributed by atoms with Gasteiger partial charge in [-0.15, -0.1) is 24.8 Å². The number of likely N-dealkylation sites (tertiary alicyclic amines) is 2. The van der Waals surface area contributed by atoms with Gasteiger partial charge in [0.2, 0.25) is 5.91 Å². The van der Waals surface area contributed by atoms with Gasteiger partial charge >= 0.3 is 0 Å². The fourth-order valence-corrected chi connectivity index (χ4v) is 4.95. The van der Waals surface area contributed by atoms with Gasteiger partial charge in [0.15, 0.2) is 0 Å². The third-order valence-electron chi connectivity index (χ3n) is 6.60. The Labute approximate surface area is 180 Å². The number of carbonyl (C=O) groups is 1. The highest BCUT2D eigenvalue weighted by Crippen LogP contribution is 2.42. The Morgan fingerprint density at radius 2 is 1.68 bits per heavy atom. The third-order valence-corrected chi connectivity index (χ3v) is 6.60. The summed E-state index contributed by atoms with van der Waals surface area (Å²) in [7, 11) is 0. The van der Waals surface area contributed by atoms with Crippen molar-refractivity contribution in [1.82, 2.24) is 15.1 Å². The lowest BCUT2D eigenvalue weighted by Crippen LogP contribution is -2.55. The van der Waals surface area contributed by atoms with Crippen LogP contribution in [0.2, 0.25) is 0 Å². The number of nitrogens with zero attached hydrogens (tertiary/aromatic N) is 2. The molecular weight excluding hydrogens is 397 g/mol. The van der Waals surface area contributed by atoms with Crippen molar-refractivity contribution < 1.29 is 9.90 Å². The molecule has 7 heteroatoms. The van der Waals surface area contributed by atoms with Crippen LogP contribution in [0.1, 0.15) is 37.7 Å². The zero-order valence-electron chi connectivity index (χ0n) is 16.4. The maximum Gasteiger partial charge on any atom is 0.229 e. The van der Waals surface area contributed by atoms with E-state index < -0.39 is 5.60 Å². The molecule has 0 aliphatic carbocycles. The molecule has 0 aromatic heterocycles. The Hall–Kier alpha value is -0.850. The molecule has 3 saturated heterocycles. The lowest BCUT2D eigenvalue weighted by Gasteiger charge is -2.42. The van der Waals surface area contributed by atoms with Crippen molar-refractivity contribution in [2.45, 2.75) is 44.2 Å². The molecule has 158 valence electrons. The molecule has 3 heterocycles. The smallest absolute Gasteiger partial charge is 0.229 e. The largest absolute Gasteiger partial charge is 0.387 e. The van der Waals surface area contributed by atoms with Gasteiger partial charge in [-0.3, -0.25) is 4.79 Å². The summed E-state index contributed by atoms with van der Waals surface area (Å²) in [6, 6.07) is 10.3. The van der Waals surface area contributed by atoms with E-state index in [1.165, 1.54) is 5.56 Å². The molecule has 3 aliphatic heterocycles. The van der Waals surface area contributed by atoms with Crippen LogP contribution < -0.4 is 5.32 Å². The molecule has 28 heavy (non-hydrogen) atoms. The van der Waals surface area contributed by atoms with Gasteiger partial charge in [0, 0.05) is 26.2 Å². The van der Waals surface area contributed by atoms with Gasteiger partial charge in [0.1, 0.15) is 0 Å².